The van der Waals surface area contributed by atoms with E-state index in [2.05, 4.69) is 21.4 Å². The minimum absolute atomic E-state index is 0.134. The van der Waals surface area contributed by atoms with E-state index in [9.17, 15) is 4.79 Å². The van der Waals surface area contributed by atoms with E-state index in [1.165, 1.54) is 0 Å². The third-order valence-corrected chi connectivity index (χ3v) is 3.40. The number of aliphatic imine (C=N–C) groups is 1. The minimum atomic E-state index is -0.503. The van der Waals surface area contributed by atoms with E-state index in [-0.39, 0.29) is 5.91 Å². The first-order valence-electron chi connectivity index (χ1n) is 6.19. The maximum atomic E-state index is 11.8. The SMILES string of the molecule is CN=C1NC(=O)C(Cc2c(C)[nH]c3ccccc23)O1. The molecule has 2 N–H and O–H groups in total. The average Bonchev–Trinajstić information content (AvgIpc) is 2.92. The van der Waals surface area contributed by atoms with Crippen molar-refractivity contribution in [3.63, 3.8) is 0 Å². The Morgan fingerprint density at radius 3 is 2.89 bits per heavy atom. The van der Waals surface area contributed by atoms with Gasteiger partial charge in [0.25, 0.3) is 11.9 Å². The molecule has 0 saturated carbocycles. The number of benzene rings is 1. The molecule has 5 heteroatoms. The first-order valence-corrected chi connectivity index (χ1v) is 6.19. The van der Waals surface area contributed by atoms with Crippen LogP contribution in [0.2, 0.25) is 0 Å². The normalized spacial score (nSPS) is 20.8. The Labute approximate surface area is 110 Å². The van der Waals surface area contributed by atoms with Gasteiger partial charge in [-0.25, -0.2) is 4.99 Å². The highest BCUT2D eigenvalue weighted by molar-refractivity contribution is 6.02. The summed E-state index contributed by atoms with van der Waals surface area (Å²) in [6.07, 6.45) is 0.0392. The molecule has 98 valence electrons. The van der Waals surface area contributed by atoms with E-state index in [1.54, 1.807) is 7.05 Å². The summed E-state index contributed by atoms with van der Waals surface area (Å²) in [4.78, 5) is 19.0. The monoisotopic (exact) mass is 257 g/mol. The van der Waals surface area contributed by atoms with Crippen LogP contribution in [-0.2, 0) is 16.0 Å². The predicted molar refractivity (Wildman–Crippen MR) is 73.1 cm³/mol. The van der Waals surface area contributed by atoms with Gasteiger partial charge < -0.3 is 9.72 Å². The number of aryl methyl sites for hydroxylation is 1. The zero-order valence-electron chi connectivity index (χ0n) is 10.9. The number of carbonyl (C=O) groups excluding carboxylic acids is 1. The number of aromatic nitrogens is 1. The molecule has 0 bridgehead atoms. The van der Waals surface area contributed by atoms with Crippen LogP contribution in [-0.4, -0.2) is 30.1 Å². The van der Waals surface area contributed by atoms with Crippen molar-refractivity contribution in [3.05, 3.63) is 35.5 Å². The molecule has 3 rings (SSSR count). The lowest BCUT2D eigenvalue weighted by atomic mass is 10.0. The smallest absolute Gasteiger partial charge is 0.292 e. The average molecular weight is 257 g/mol. The van der Waals surface area contributed by atoms with Gasteiger partial charge in [-0.05, 0) is 18.6 Å². The van der Waals surface area contributed by atoms with Crippen molar-refractivity contribution >= 4 is 22.8 Å². The van der Waals surface area contributed by atoms with Crippen LogP contribution in [0.3, 0.4) is 0 Å². The number of carbonyl (C=O) groups is 1. The van der Waals surface area contributed by atoms with Crippen LogP contribution in [0.5, 0.6) is 0 Å². The number of nitrogens with zero attached hydrogens (tertiary/aromatic N) is 1. The number of para-hydroxylation sites is 1. The van der Waals surface area contributed by atoms with Crippen molar-refractivity contribution in [3.8, 4) is 0 Å². The number of amides is 1. The molecular formula is C14H15N3O2. The summed E-state index contributed by atoms with van der Waals surface area (Å²) < 4.78 is 5.48. The summed E-state index contributed by atoms with van der Waals surface area (Å²) in [5, 5.41) is 3.75. The number of H-pyrrole nitrogens is 1. The van der Waals surface area contributed by atoms with Gasteiger partial charge in [0.2, 0.25) is 0 Å². The predicted octanol–water partition coefficient (Wildman–Crippen LogP) is 1.52. The Hall–Kier alpha value is -2.30. The summed E-state index contributed by atoms with van der Waals surface area (Å²) in [5.74, 6) is -0.134. The highest BCUT2D eigenvalue weighted by Gasteiger charge is 2.31. The lowest BCUT2D eigenvalue weighted by Crippen LogP contribution is -2.26. The first kappa shape index (κ1) is 11.8. The Kier molecular flexibility index (Phi) is 2.74. The number of rotatable bonds is 2. The molecule has 1 saturated heterocycles. The molecule has 1 fully saturated rings. The van der Waals surface area contributed by atoms with E-state index < -0.39 is 6.10 Å². The van der Waals surface area contributed by atoms with Crippen molar-refractivity contribution < 1.29 is 9.53 Å². The van der Waals surface area contributed by atoms with Gasteiger partial charge in [-0.15, -0.1) is 0 Å². The summed E-state index contributed by atoms with van der Waals surface area (Å²) in [6.45, 7) is 2.01. The molecule has 1 aliphatic rings. The topological polar surface area (TPSA) is 66.5 Å². The first-order chi connectivity index (χ1) is 9.19. The van der Waals surface area contributed by atoms with E-state index in [0.29, 0.717) is 12.4 Å². The number of hydrogen-bond acceptors (Lipinski definition) is 3. The van der Waals surface area contributed by atoms with Gasteiger partial charge in [0.1, 0.15) is 0 Å². The highest BCUT2D eigenvalue weighted by atomic mass is 16.5. The van der Waals surface area contributed by atoms with E-state index in [1.807, 2.05) is 25.1 Å². The largest absolute Gasteiger partial charge is 0.451 e. The molecule has 19 heavy (non-hydrogen) atoms. The van der Waals surface area contributed by atoms with Crippen LogP contribution in [0.25, 0.3) is 10.9 Å². The van der Waals surface area contributed by atoms with Crippen molar-refractivity contribution in [1.82, 2.24) is 10.3 Å². The van der Waals surface area contributed by atoms with E-state index in [0.717, 1.165) is 22.2 Å². The lowest BCUT2D eigenvalue weighted by Gasteiger charge is -2.07. The van der Waals surface area contributed by atoms with Crippen LogP contribution in [0.15, 0.2) is 29.3 Å². The number of nitrogens with one attached hydrogen (secondary N) is 2. The molecule has 1 aliphatic heterocycles. The number of fused-ring (bicyclic) bond motifs is 1. The molecule has 1 atom stereocenters. The summed E-state index contributed by atoms with van der Waals surface area (Å²) in [5.41, 5.74) is 3.27. The summed E-state index contributed by atoms with van der Waals surface area (Å²) >= 11 is 0. The van der Waals surface area contributed by atoms with Crippen LogP contribution >= 0.6 is 0 Å². The zero-order chi connectivity index (χ0) is 13.4. The van der Waals surface area contributed by atoms with Gasteiger partial charge in [0.05, 0.1) is 0 Å². The lowest BCUT2D eigenvalue weighted by molar-refractivity contribution is -0.123. The van der Waals surface area contributed by atoms with Crippen molar-refractivity contribution in [1.29, 1.82) is 0 Å². The fraction of sp³-hybridized carbons (Fsp3) is 0.286. The van der Waals surface area contributed by atoms with Crippen molar-refractivity contribution in [2.75, 3.05) is 7.05 Å². The number of hydrogen-bond donors (Lipinski definition) is 2. The maximum Gasteiger partial charge on any atom is 0.292 e. The molecule has 2 heterocycles. The molecule has 0 aliphatic carbocycles. The van der Waals surface area contributed by atoms with Gasteiger partial charge >= 0.3 is 0 Å². The molecule has 5 nitrogen and oxygen atoms in total. The Morgan fingerprint density at radius 1 is 1.37 bits per heavy atom. The Bertz CT molecular complexity index is 672. The molecular weight excluding hydrogens is 242 g/mol. The third kappa shape index (κ3) is 1.97. The molecule has 2 aromatic rings. The number of ether oxygens (including phenoxy) is 1. The van der Waals surface area contributed by atoms with Gasteiger partial charge in [0.15, 0.2) is 6.10 Å². The van der Waals surface area contributed by atoms with Gasteiger partial charge in [0, 0.05) is 30.1 Å². The van der Waals surface area contributed by atoms with Gasteiger partial charge in [-0.3, -0.25) is 10.1 Å². The van der Waals surface area contributed by atoms with Crippen molar-refractivity contribution in [2.24, 2.45) is 4.99 Å². The number of aromatic amines is 1. The maximum absolute atomic E-state index is 11.8. The minimum Gasteiger partial charge on any atom is -0.451 e. The van der Waals surface area contributed by atoms with Crippen LogP contribution < -0.4 is 5.32 Å². The van der Waals surface area contributed by atoms with Crippen LogP contribution in [0, 0.1) is 6.92 Å². The fourth-order valence-corrected chi connectivity index (χ4v) is 2.43. The van der Waals surface area contributed by atoms with Crippen LogP contribution in [0.4, 0.5) is 0 Å². The molecule has 0 radical (unpaired) electrons. The zero-order valence-corrected chi connectivity index (χ0v) is 10.9. The van der Waals surface area contributed by atoms with E-state index >= 15 is 0 Å². The molecule has 1 unspecified atom stereocenters. The molecule has 0 spiro atoms. The molecule has 1 amide bonds. The second-order valence-corrected chi connectivity index (χ2v) is 4.60. The third-order valence-electron chi connectivity index (χ3n) is 3.40. The van der Waals surface area contributed by atoms with Gasteiger partial charge in [-0.2, -0.15) is 0 Å². The summed E-state index contributed by atoms with van der Waals surface area (Å²) in [7, 11) is 1.59. The quantitative estimate of drug-likeness (QED) is 0.856. The standard InChI is InChI=1S/C14H15N3O2/c1-8-10(9-5-3-4-6-11(9)16-8)7-12-13(18)17-14(15-2)19-12/h3-6,12,16H,7H2,1-2H3,(H,15,17,18). The van der Waals surface area contributed by atoms with Gasteiger partial charge in [-0.1, -0.05) is 18.2 Å². The Balaban J connectivity index is 1.94. The van der Waals surface area contributed by atoms with E-state index in [4.69, 9.17) is 4.74 Å². The second-order valence-electron chi connectivity index (χ2n) is 4.60. The van der Waals surface area contributed by atoms with Crippen molar-refractivity contribution in [2.45, 2.75) is 19.4 Å². The number of amidine groups is 1. The second kappa shape index (κ2) is 4.42. The van der Waals surface area contributed by atoms with Crippen LogP contribution in [0.1, 0.15) is 11.3 Å². The molecule has 1 aromatic heterocycles. The summed E-state index contributed by atoms with van der Waals surface area (Å²) in [6, 6.07) is 8.36. The molecule has 1 aromatic carbocycles. The highest BCUT2D eigenvalue weighted by Crippen LogP contribution is 2.24. The Morgan fingerprint density at radius 2 is 2.16 bits per heavy atom. The fourth-order valence-electron chi connectivity index (χ4n) is 2.43.